The number of carbonyl (C=O) groups excluding carboxylic acids is 2. The number of phenolic OH excluding ortho intramolecular Hbond substituents is 1. The summed E-state index contributed by atoms with van der Waals surface area (Å²) in [5, 5.41) is 43.9. The van der Waals surface area contributed by atoms with Gasteiger partial charge in [-0.25, -0.2) is 4.79 Å². The van der Waals surface area contributed by atoms with E-state index in [-0.39, 0.29) is 30.7 Å². The summed E-state index contributed by atoms with van der Waals surface area (Å²) in [7, 11) is 1.17. The number of amides is 1. The molecule has 0 aromatic heterocycles. The summed E-state index contributed by atoms with van der Waals surface area (Å²) in [6, 6.07) is 1.90. The van der Waals surface area contributed by atoms with Gasteiger partial charge in [0, 0.05) is 24.9 Å². The molecule has 1 aliphatic rings. The smallest absolute Gasteiger partial charge is 0.338 e. The van der Waals surface area contributed by atoms with Gasteiger partial charge >= 0.3 is 5.97 Å². The summed E-state index contributed by atoms with van der Waals surface area (Å²) in [6.07, 6.45) is -4.42. The molecular weight excluding hydrogens is 420 g/mol. The number of phenols is 1. The van der Waals surface area contributed by atoms with E-state index < -0.39 is 47.9 Å². The van der Waals surface area contributed by atoms with Crippen molar-refractivity contribution >= 4 is 11.9 Å². The Bertz CT molecular complexity index is 837. The molecule has 0 radical (unpaired) electrons. The second kappa shape index (κ2) is 10.4. The Labute approximate surface area is 186 Å². The van der Waals surface area contributed by atoms with Crippen LogP contribution in [0.3, 0.4) is 0 Å². The number of hydrogen-bond donors (Lipinski definition) is 6. The van der Waals surface area contributed by atoms with Gasteiger partial charge in [0.2, 0.25) is 0 Å². The molecule has 1 aliphatic heterocycles. The monoisotopic (exact) mass is 452 g/mol. The number of nitrogens with two attached hydrogens (primary N) is 1. The van der Waals surface area contributed by atoms with Crippen LogP contribution in [0.25, 0.3) is 0 Å². The summed E-state index contributed by atoms with van der Waals surface area (Å²) in [5.41, 5.74) is 5.69. The van der Waals surface area contributed by atoms with E-state index >= 15 is 0 Å². The molecule has 178 valence electrons. The van der Waals surface area contributed by atoms with Crippen molar-refractivity contribution in [3.63, 3.8) is 0 Å². The summed E-state index contributed by atoms with van der Waals surface area (Å²) >= 11 is 0. The van der Waals surface area contributed by atoms with Crippen LogP contribution < -0.4 is 11.1 Å². The van der Waals surface area contributed by atoms with Crippen molar-refractivity contribution < 1.29 is 39.5 Å². The normalized spacial score (nSPS) is 27.3. The minimum Gasteiger partial charge on any atom is -0.507 e. The number of esters is 1. The van der Waals surface area contributed by atoms with Gasteiger partial charge in [-0.3, -0.25) is 4.79 Å². The van der Waals surface area contributed by atoms with E-state index in [9.17, 15) is 30.0 Å². The molecule has 0 spiro atoms. The third kappa shape index (κ3) is 5.28. The third-order valence-electron chi connectivity index (χ3n) is 5.71. The van der Waals surface area contributed by atoms with Crippen LogP contribution in [0.1, 0.15) is 34.3 Å². The predicted molar refractivity (Wildman–Crippen MR) is 115 cm³/mol. The number of nitrogens with one attached hydrogen (secondary N) is 1. The number of methoxy groups -OCH3 is 1. The maximum atomic E-state index is 12.4. The van der Waals surface area contributed by atoms with Crippen molar-refractivity contribution in [3.05, 3.63) is 41.5 Å². The van der Waals surface area contributed by atoms with Crippen LogP contribution in [0.4, 0.5) is 0 Å². The SMILES string of the molecule is C=CC[C@]1(C(=O)OC)C[C@H](O)[C@@H](N)[C@H]([C@H](O)[C@H](O)CNC(=O)c2cc(C)c(O)c(C)c2)O1. The van der Waals surface area contributed by atoms with Gasteiger partial charge in [-0.05, 0) is 37.1 Å². The Hall–Kier alpha value is -2.50. The van der Waals surface area contributed by atoms with Crippen LogP contribution in [-0.4, -0.2) is 82.0 Å². The first-order valence-corrected chi connectivity index (χ1v) is 10.2. The lowest BCUT2D eigenvalue weighted by molar-refractivity contribution is -0.225. The Kier molecular flexibility index (Phi) is 8.38. The molecule has 6 atom stereocenters. The van der Waals surface area contributed by atoms with E-state index in [1.807, 2.05) is 0 Å². The third-order valence-corrected chi connectivity index (χ3v) is 5.71. The summed E-state index contributed by atoms with van der Waals surface area (Å²) in [6.45, 7) is 6.54. The molecule has 0 aliphatic carbocycles. The van der Waals surface area contributed by atoms with Gasteiger partial charge in [-0.1, -0.05) is 6.08 Å². The molecule has 10 nitrogen and oxygen atoms in total. The van der Waals surface area contributed by atoms with Crippen molar-refractivity contribution in [2.75, 3.05) is 13.7 Å². The largest absolute Gasteiger partial charge is 0.507 e. The maximum Gasteiger partial charge on any atom is 0.338 e. The lowest BCUT2D eigenvalue weighted by atomic mass is 9.82. The van der Waals surface area contributed by atoms with E-state index in [0.717, 1.165) is 0 Å². The van der Waals surface area contributed by atoms with Crippen molar-refractivity contribution in [1.29, 1.82) is 0 Å². The molecule has 0 unspecified atom stereocenters. The molecule has 1 aromatic rings. The van der Waals surface area contributed by atoms with Gasteiger partial charge in [0.15, 0.2) is 5.60 Å². The molecule has 1 heterocycles. The summed E-state index contributed by atoms with van der Waals surface area (Å²) in [5.74, 6) is -1.19. The fourth-order valence-electron chi connectivity index (χ4n) is 3.87. The molecule has 7 N–H and O–H groups in total. The zero-order valence-corrected chi connectivity index (χ0v) is 18.4. The fraction of sp³-hybridized carbons (Fsp3) is 0.545. The summed E-state index contributed by atoms with van der Waals surface area (Å²) < 4.78 is 10.6. The van der Waals surface area contributed by atoms with Gasteiger partial charge in [0.1, 0.15) is 18.0 Å². The molecule has 0 saturated carbocycles. The highest BCUT2D eigenvalue weighted by Gasteiger charge is 2.53. The number of ether oxygens (including phenoxy) is 2. The van der Waals surface area contributed by atoms with Gasteiger partial charge < -0.3 is 41.0 Å². The van der Waals surface area contributed by atoms with Crippen molar-refractivity contribution in [2.24, 2.45) is 5.73 Å². The molecule has 1 amide bonds. The quantitative estimate of drug-likeness (QED) is 0.223. The van der Waals surface area contributed by atoms with Crippen LogP contribution in [0.15, 0.2) is 24.8 Å². The van der Waals surface area contributed by atoms with Gasteiger partial charge in [0.05, 0.1) is 25.4 Å². The standard InChI is InChI=1S/C22H32N2O8/c1-5-6-22(21(30)31-4)9-14(25)16(23)19(32-22)18(28)15(26)10-24-20(29)13-7-11(2)17(27)12(3)8-13/h5,7-8,14-16,18-19,25-28H,1,6,9-10,23H2,2-4H3,(H,24,29)/t14-,15+,16+,18+,19+,22+/m0/s1. The average molecular weight is 453 g/mol. The van der Waals surface area contributed by atoms with E-state index in [1.165, 1.54) is 25.3 Å². The highest BCUT2D eigenvalue weighted by molar-refractivity contribution is 5.94. The first-order chi connectivity index (χ1) is 15.0. The number of aliphatic hydroxyl groups is 3. The maximum absolute atomic E-state index is 12.4. The number of hydrogen-bond acceptors (Lipinski definition) is 9. The summed E-state index contributed by atoms with van der Waals surface area (Å²) in [4.78, 5) is 24.8. The number of rotatable bonds is 8. The minimum atomic E-state index is -1.63. The first-order valence-electron chi connectivity index (χ1n) is 10.2. The average Bonchev–Trinajstić information content (AvgIpc) is 2.76. The predicted octanol–water partition coefficient (Wildman–Crippen LogP) is -0.574. The van der Waals surface area contributed by atoms with E-state index in [1.54, 1.807) is 13.8 Å². The van der Waals surface area contributed by atoms with E-state index in [4.69, 9.17) is 15.2 Å². The van der Waals surface area contributed by atoms with Gasteiger partial charge in [-0.2, -0.15) is 0 Å². The second-order valence-electron chi connectivity index (χ2n) is 8.14. The van der Waals surface area contributed by atoms with Crippen molar-refractivity contribution in [2.45, 2.75) is 62.7 Å². The molecule has 1 saturated heterocycles. The Balaban J connectivity index is 2.12. The molecule has 0 bridgehead atoms. The van der Waals surface area contributed by atoms with E-state index in [2.05, 4.69) is 11.9 Å². The molecule has 2 rings (SSSR count). The lowest BCUT2D eigenvalue weighted by Gasteiger charge is -2.46. The zero-order valence-electron chi connectivity index (χ0n) is 18.4. The van der Waals surface area contributed by atoms with E-state index in [0.29, 0.717) is 11.1 Å². The highest BCUT2D eigenvalue weighted by Crippen LogP contribution is 2.35. The topological polar surface area (TPSA) is 172 Å². The second-order valence-corrected chi connectivity index (χ2v) is 8.14. The van der Waals surface area contributed by atoms with Crippen LogP contribution in [0.2, 0.25) is 0 Å². The number of aliphatic hydroxyl groups excluding tert-OH is 3. The Morgan fingerprint density at radius 3 is 2.50 bits per heavy atom. The van der Waals surface area contributed by atoms with Crippen molar-refractivity contribution in [1.82, 2.24) is 5.32 Å². The molecule has 1 fully saturated rings. The fourth-order valence-corrected chi connectivity index (χ4v) is 3.87. The van der Waals surface area contributed by atoms with Gasteiger partial charge in [-0.15, -0.1) is 6.58 Å². The lowest BCUT2D eigenvalue weighted by Crippen LogP contribution is -2.66. The molecule has 1 aromatic carbocycles. The number of aromatic hydroxyl groups is 1. The molecular formula is C22H32N2O8. The Morgan fingerprint density at radius 1 is 1.38 bits per heavy atom. The van der Waals surface area contributed by atoms with Gasteiger partial charge in [0.25, 0.3) is 5.91 Å². The van der Waals surface area contributed by atoms with Crippen LogP contribution in [0.5, 0.6) is 5.75 Å². The first kappa shape index (κ1) is 25.8. The number of carbonyl (C=O) groups is 2. The Morgan fingerprint density at radius 2 is 1.97 bits per heavy atom. The molecule has 10 heteroatoms. The van der Waals surface area contributed by atoms with Crippen LogP contribution in [-0.2, 0) is 14.3 Å². The number of aryl methyl sites for hydroxylation is 2. The van der Waals surface area contributed by atoms with Crippen LogP contribution >= 0.6 is 0 Å². The van der Waals surface area contributed by atoms with Crippen molar-refractivity contribution in [3.8, 4) is 5.75 Å². The highest BCUT2D eigenvalue weighted by atomic mass is 16.6. The number of benzene rings is 1. The minimum absolute atomic E-state index is 0.000933. The zero-order chi connectivity index (χ0) is 24.2. The molecule has 32 heavy (non-hydrogen) atoms. The van der Waals surface area contributed by atoms with Crippen LogP contribution in [0, 0.1) is 13.8 Å².